The smallest absolute Gasteiger partial charge is 0.233 e. The molecule has 7 nitrogen and oxygen atoms in total. The number of aromatic nitrogens is 3. The van der Waals surface area contributed by atoms with Gasteiger partial charge < -0.3 is 15.2 Å². The van der Waals surface area contributed by atoms with Crippen molar-refractivity contribution in [3.05, 3.63) is 35.9 Å². The van der Waals surface area contributed by atoms with Crippen LogP contribution in [0.5, 0.6) is 0 Å². The van der Waals surface area contributed by atoms with Crippen molar-refractivity contribution in [1.29, 1.82) is 0 Å². The topological polar surface area (TPSA) is 88.9 Å². The SMILES string of the molecule is C[C@@H](Sc1nnc(CC(=O)Nc2ccc(F)cc2)n1C)C(=O)NC1CCCC1. The zero-order valence-corrected chi connectivity index (χ0v) is 16.8. The molecule has 1 heterocycles. The second-order valence-electron chi connectivity index (χ2n) is 6.94. The molecule has 2 N–H and O–H groups in total. The van der Waals surface area contributed by atoms with E-state index in [1.807, 2.05) is 6.92 Å². The normalized spacial score (nSPS) is 15.4. The van der Waals surface area contributed by atoms with E-state index in [9.17, 15) is 14.0 Å². The van der Waals surface area contributed by atoms with Crippen LogP contribution < -0.4 is 10.6 Å². The highest BCUT2D eigenvalue weighted by atomic mass is 32.2. The van der Waals surface area contributed by atoms with Gasteiger partial charge in [-0.25, -0.2) is 4.39 Å². The standard InChI is InChI=1S/C19H24FN5O2S/c1-12(18(27)22-14-5-3-4-6-14)28-19-24-23-16(25(19)2)11-17(26)21-15-9-7-13(20)8-10-15/h7-10,12,14H,3-6,11H2,1-2H3,(H,21,26)(H,22,27)/t12-/m1/s1. The number of halogens is 1. The van der Waals surface area contributed by atoms with Gasteiger partial charge in [-0.3, -0.25) is 9.59 Å². The molecule has 0 unspecified atom stereocenters. The van der Waals surface area contributed by atoms with Crippen LogP contribution in [0.1, 0.15) is 38.4 Å². The quantitative estimate of drug-likeness (QED) is 0.692. The first kappa shape index (κ1) is 20.3. The van der Waals surface area contributed by atoms with Crippen LogP contribution in [0.25, 0.3) is 0 Å². The number of hydrogen-bond donors (Lipinski definition) is 2. The van der Waals surface area contributed by atoms with Crippen LogP contribution in [0.15, 0.2) is 29.4 Å². The van der Waals surface area contributed by atoms with Crippen molar-refractivity contribution in [1.82, 2.24) is 20.1 Å². The minimum Gasteiger partial charge on any atom is -0.352 e. The van der Waals surface area contributed by atoms with E-state index in [4.69, 9.17) is 0 Å². The Morgan fingerprint density at radius 1 is 1.25 bits per heavy atom. The molecule has 1 fully saturated rings. The Morgan fingerprint density at radius 3 is 2.61 bits per heavy atom. The number of anilines is 1. The van der Waals surface area contributed by atoms with Gasteiger partial charge in [-0.05, 0) is 44.0 Å². The Morgan fingerprint density at radius 2 is 1.93 bits per heavy atom. The van der Waals surface area contributed by atoms with E-state index in [1.165, 1.54) is 48.9 Å². The summed E-state index contributed by atoms with van der Waals surface area (Å²) in [6.45, 7) is 1.84. The lowest BCUT2D eigenvalue weighted by atomic mass is 10.2. The zero-order chi connectivity index (χ0) is 20.1. The molecule has 1 aromatic carbocycles. The van der Waals surface area contributed by atoms with Crippen LogP contribution in [0, 0.1) is 5.82 Å². The first-order valence-corrected chi connectivity index (χ1v) is 10.2. The third-order valence-corrected chi connectivity index (χ3v) is 5.86. The van der Waals surface area contributed by atoms with E-state index in [1.54, 1.807) is 11.6 Å². The number of amides is 2. The van der Waals surface area contributed by atoms with Crippen molar-refractivity contribution >= 4 is 29.3 Å². The van der Waals surface area contributed by atoms with Crippen molar-refractivity contribution in [3.63, 3.8) is 0 Å². The second-order valence-corrected chi connectivity index (χ2v) is 8.25. The predicted molar refractivity (Wildman–Crippen MR) is 105 cm³/mol. The fourth-order valence-corrected chi connectivity index (χ4v) is 3.93. The number of nitrogens with one attached hydrogen (secondary N) is 2. The summed E-state index contributed by atoms with van der Waals surface area (Å²) < 4.78 is 14.7. The van der Waals surface area contributed by atoms with Gasteiger partial charge in [-0.2, -0.15) is 0 Å². The van der Waals surface area contributed by atoms with Crippen LogP contribution >= 0.6 is 11.8 Å². The van der Waals surface area contributed by atoms with Crippen LogP contribution in [-0.4, -0.2) is 37.9 Å². The number of thioether (sulfide) groups is 1. The summed E-state index contributed by atoms with van der Waals surface area (Å²) in [6, 6.07) is 5.84. The van der Waals surface area contributed by atoms with Crippen molar-refractivity contribution in [2.45, 2.75) is 55.5 Å². The molecule has 1 aliphatic carbocycles. The van der Waals surface area contributed by atoms with Gasteiger partial charge in [0.05, 0.1) is 11.7 Å². The number of carbonyl (C=O) groups is 2. The maximum Gasteiger partial charge on any atom is 0.233 e. The zero-order valence-electron chi connectivity index (χ0n) is 15.9. The van der Waals surface area contributed by atoms with Gasteiger partial charge in [-0.1, -0.05) is 24.6 Å². The van der Waals surface area contributed by atoms with Gasteiger partial charge in [0.25, 0.3) is 0 Å². The molecule has 1 aromatic heterocycles. The molecule has 1 saturated carbocycles. The Kier molecular flexibility index (Phi) is 6.66. The first-order valence-electron chi connectivity index (χ1n) is 9.33. The van der Waals surface area contributed by atoms with Gasteiger partial charge in [0.15, 0.2) is 5.16 Å². The molecule has 1 aliphatic rings. The van der Waals surface area contributed by atoms with Crippen molar-refractivity contribution in [2.75, 3.05) is 5.32 Å². The predicted octanol–water partition coefficient (Wildman–Crippen LogP) is 2.67. The molecular formula is C19H24FN5O2S. The maximum atomic E-state index is 12.9. The second kappa shape index (κ2) is 9.18. The molecule has 0 saturated heterocycles. The molecule has 0 radical (unpaired) electrons. The Bertz CT molecular complexity index is 833. The van der Waals surface area contributed by atoms with Gasteiger partial charge in [0.1, 0.15) is 11.6 Å². The van der Waals surface area contributed by atoms with E-state index in [-0.39, 0.29) is 35.3 Å². The minimum atomic E-state index is -0.362. The molecular weight excluding hydrogens is 381 g/mol. The first-order chi connectivity index (χ1) is 13.4. The fourth-order valence-electron chi connectivity index (χ4n) is 3.08. The molecule has 0 aliphatic heterocycles. The van der Waals surface area contributed by atoms with Gasteiger partial charge >= 0.3 is 0 Å². The van der Waals surface area contributed by atoms with E-state index in [2.05, 4.69) is 20.8 Å². The molecule has 28 heavy (non-hydrogen) atoms. The van der Waals surface area contributed by atoms with Gasteiger partial charge in [0, 0.05) is 18.8 Å². The highest BCUT2D eigenvalue weighted by molar-refractivity contribution is 8.00. The molecule has 0 spiro atoms. The Hall–Kier alpha value is -2.42. The number of benzene rings is 1. The number of nitrogens with zero attached hydrogens (tertiary/aromatic N) is 3. The van der Waals surface area contributed by atoms with E-state index in [0.29, 0.717) is 16.7 Å². The van der Waals surface area contributed by atoms with Crippen molar-refractivity contribution in [2.24, 2.45) is 7.05 Å². The highest BCUT2D eigenvalue weighted by Gasteiger charge is 2.23. The number of rotatable bonds is 7. The van der Waals surface area contributed by atoms with Crippen molar-refractivity contribution in [3.8, 4) is 0 Å². The third-order valence-electron chi connectivity index (χ3n) is 4.72. The van der Waals surface area contributed by atoms with Crippen molar-refractivity contribution < 1.29 is 14.0 Å². The Labute approximate surface area is 167 Å². The summed E-state index contributed by atoms with van der Waals surface area (Å²) in [5.41, 5.74) is 0.514. The summed E-state index contributed by atoms with van der Waals surface area (Å²) in [7, 11) is 1.77. The van der Waals surface area contributed by atoms with E-state index < -0.39 is 0 Å². The third kappa shape index (κ3) is 5.31. The molecule has 3 rings (SSSR count). The van der Waals surface area contributed by atoms with Crippen LogP contribution in [0.4, 0.5) is 10.1 Å². The van der Waals surface area contributed by atoms with Gasteiger partial charge in [-0.15, -0.1) is 10.2 Å². The number of hydrogen-bond acceptors (Lipinski definition) is 5. The largest absolute Gasteiger partial charge is 0.352 e. The summed E-state index contributed by atoms with van der Waals surface area (Å²) in [6.07, 6.45) is 4.45. The van der Waals surface area contributed by atoms with Crippen LogP contribution in [-0.2, 0) is 23.1 Å². The monoisotopic (exact) mass is 405 g/mol. The summed E-state index contributed by atoms with van der Waals surface area (Å²) in [5, 5.41) is 14.2. The van der Waals surface area contributed by atoms with Crippen LogP contribution in [0.3, 0.4) is 0 Å². The molecule has 0 bridgehead atoms. The minimum absolute atomic E-state index is 0.00416. The lowest BCUT2D eigenvalue weighted by molar-refractivity contribution is -0.121. The fraction of sp³-hybridized carbons (Fsp3) is 0.474. The molecule has 2 amide bonds. The molecule has 1 atom stereocenters. The lowest BCUT2D eigenvalue weighted by Gasteiger charge is -2.16. The van der Waals surface area contributed by atoms with Gasteiger partial charge in [0.2, 0.25) is 11.8 Å². The maximum absolute atomic E-state index is 12.9. The summed E-state index contributed by atoms with van der Waals surface area (Å²) >= 11 is 1.32. The molecule has 2 aromatic rings. The highest BCUT2D eigenvalue weighted by Crippen LogP contribution is 2.23. The number of carbonyl (C=O) groups excluding carboxylic acids is 2. The molecule has 9 heteroatoms. The Balaban J connectivity index is 1.54. The van der Waals surface area contributed by atoms with Crippen LogP contribution in [0.2, 0.25) is 0 Å². The van der Waals surface area contributed by atoms with E-state index >= 15 is 0 Å². The lowest BCUT2D eigenvalue weighted by Crippen LogP contribution is -2.37. The summed E-state index contributed by atoms with van der Waals surface area (Å²) in [5.74, 6) is -0.147. The average Bonchev–Trinajstić information content (AvgIpc) is 3.29. The average molecular weight is 405 g/mol. The summed E-state index contributed by atoms with van der Waals surface area (Å²) in [4.78, 5) is 24.5. The molecule has 150 valence electrons. The van der Waals surface area contributed by atoms with E-state index in [0.717, 1.165) is 12.8 Å².